The Morgan fingerprint density at radius 1 is 1.19 bits per heavy atom. The lowest BCUT2D eigenvalue weighted by molar-refractivity contribution is -0.125. The molecule has 0 radical (unpaired) electrons. The lowest BCUT2D eigenvalue weighted by Crippen LogP contribution is -2.43. The molecule has 0 spiro atoms. The number of nitrogens with one attached hydrogen (secondary N) is 1. The molecule has 1 aromatic heterocycles. The van der Waals surface area contributed by atoms with Gasteiger partial charge in [0.05, 0.1) is 6.04 Å². The van der Waals surface area contributed by atoms with Crippen LogP contribution in [0.4, 0.5) is 0 Å². The third-order valence-corrected chi connectivity index (χ3v) is 5.50. The zero-order chi connectivity index (χ0) is 18.9. The standard InChI is InChI=1S/C19H31N3O3S/c1-4-5-12-15(20-17(24)14-10-8-6-7-9-11-14)16(23)18-21-22-19(25-18)26-13(2)3/h13-15H,4-12H2,1-3H3,(H,20,24)/t15-/m0/s1. The molecule has 1 aromatic rings. The average Bonchev–Trinajstić information content (AvgIpc) is 2.89. The number of carbonyl (C=O) groups is 2. The van der Waals surface area contributed by atoms with E-state index in [1.807, 2.05) is 13.8 Å². The van der Waals surface area contributed by atoms with Crippen LogP contribution in [0.15, 0.2) is 9.64 Å². The van der Waals surface area contributed by atoms with Crippen molar-refractivity contribution < 1.29 is 14.0 Å². The predicted octanol–water partition coefficient (Wildman–Crippen LogP) is 4.40. The third-order valence-electron chi connectivity index (χ3n) is 4.66. The molecule has 1 aliphatic carbocycles. The van der Waals surface area contributed by atoms with E-state index in [-0.39, 0.29) is 23.5 Å². The summed E-state index contributed by atoms with van der Waals surface area (Å²) in [6.07, 6.45) is 8.82. The summed E-state index contributed by atoms with van der Waals surface area (Å²) in [4.78, 5) is 25.5. The van der Waals surface area contributed by atoms with Gasteiger partial charge in [-0.2, -0.15) is 0 Å². The van der Waals surface area contributed by atoms with Gasteiger partial charge in [0, 0.05) is 11.2 Å². The highest BCUT2D eigenvalue weighted by atomic mass is 32.2. The van der Waals surface area contributed by atoms with Crippen LogP contribution in [0, 0.1) is 5.92 Å². The molecule has 1 amide bonds. The quantitative estimate of drug-likeness (QED) is 0.388. The molecule has 1 heterocycles. The van der Waals surface area contributed by atoms with Gasteiger partial charge in [-0.1, -0.05) is 71.1 Å². The van der Waals surface area contributed by atoms with Crippen molar-refractivity contribution in [1.29, 1.82) is 0 Å². The number of hydrogen-bond donors (Lipinski definition) is 1. The van der Waals surface area contributed by atoms with Crippen LogP contribution >= 0.6 is 11.8 Å². The molecular weight excluding hydrogens is 350 g/mol. The molecule has 0 aliphatic heterocycles. The molecule has 2 rings (SSSR count). The second-order valence-corrected chi connectivity index (χ2v) is 8.82. The van der Waals surface area contributed by atoms with Crippen molar-refractivity contribution in [2.75, 3.05) is 0 Å². The number of Topliss-reactive ketones (excluding diaryl/α,β-unsaturated/α-hetero) is 1. The van der Waals surface area contributed by atoms with E-state index < -0.39 is 6.04 Å². The second kappa shape index (κ2) is 10.7. The van der Waals surface area contributed by atoms with Crippen LogP contribution in [-0.2, 0) is 4.79 Å². The van der Waals surface area contributed by atoms with Crippen LogP contribution < -0.4 is 5.32 Å². The zero-order valence-corrected chi connectivity index (χ0v) is 16.9. The van der Waals surface area contributed by atoms with Gasteiger partial charge >= 0.3 is 0 Å². The molecule has 7 heteroatoms. The van der Waals surface area contributed by atoms with Gasteiger partial charge in [-0.15, -0.1) is 10.2 Å². The van der Waals surface area contributed by atoms with Gasteiger partial charge in [-0.3, -0.25) is 9.59 Å². The van der Waals surface area contributed by atoms with E-state index in [2.05, 4.69) is 22.4 Å². The summed E-state index contributed by atoms with van der Waals surface area (Å²) in [5, 5.41) is 11.5. The number of amides is 1. The Labute approximate surface area is 160 Å². The second-order valence-electron chi connectivity index (χ2n) is 7.30. The minimum Gasteiger partial charge on any atom is -0.408 e. The largest absolute Gasteiger partial charge is 0.408 e. The molecule has 26 heavy (non-hydrogen) atoms. The fraction of sp³-hybridized carbons (Fsp3) is 0.789. The summed E-state index contributed by atoms with van der Waals surface area (Å²) in [5.74, 6) is -0.263. The molecule has 0 unspecified atom stereocenters. The van der Waals surface area contributed by atoms with Crippen LogP contribution in [0.1, 0.15) is 89.2 Å². The van der Waals surface area contributed by atoms with Gasteiger partial charge in [0.1, 0.15) is 0 Å². The molecule has 1 saturated carbocycles. The van der Waals surface area contributed by atoms with E-state index in [1.54, 1.807) is 0 Å². The SMILES string of the molecule is CCCC[C@H](NC(=O)C1CCCCCC1)C(=O)c1nnc(SC(C)C)o1. The molecule has 1 atom stereocenters. The number of unbranched alkanes of at least 4 members (excludes halogenated alkanes) is 1. The van der Waals surface area contributed by atoms with Gasteiger partial charge in [0.2, 0.25) is 11.7 Å². The van der Waals surface area contributed by atoms with Crippen molar-refractivity contribution in [2.45, 2.75) is 95.1 Å². The van der Waals surface area contributed by atoms with Gasteiger partial charge in [0.25, 0.3) is 11.1 Å². The van der Waals surface area contributed by atoms with Gasteiger partial charge in [0.15, 0.2) is 0 Å². The maximum atomic E-state index is 12.8. The Morgan fingerprint density at radius 3 is 2.50 bits per heavy atom. The molecule has 0 aromatic carbocycles. The highest BCUT2D eigenvalue weighted by molar-refractivity contribution is 7.99. The normalized spacial score (nSPS) is 17.1. The topological polar surface area (TPSA) is 85.1 Å². The zero-order valence-electron chi connectivity index (χ0n) is 16.1. The molecule has 1 aliphatic rings. The molecule has 6 nitrogen and oxygen atoms in total. The van der Waals surface area contributed by atoms with E-state index in [9.17, 15) is 9.59 Å². The number of carbonyl (C=O) groups excluding carboxylic acids is 2. The van der Waals surface area contributed by atoms with E-state index in [1.165, 1.54) is 24.6 Å². The lowest BCUT2D eigenvalue weighted by atomic mass is 9.97. The summed E-state index contributed by atoms with van der Waals surface area (Å²) < 4.78 is 5.50. The van der Waals surface area contributed by atoms with E-state index in [4.69, 9.17) is 4.42 Å². The highest BCUT2D eigenvalue weighted by Crippen LogP contribution is 2.24. The first kappa shape index (κ1) is 20.9. The van der Waals surface area contributed by atoms with Crippen molar-refractivity contribution in [1.82, 2.24) is 15.5 Å². The summed E-state index contributed by atoms with van der Waals surface area (Å²) in [5.41, 5.74) is 0. The highest BCUT2D eigenvalue weighted by Gasteiger charge is 2.29. The first-order chi connectivity index (χ1) is 12.5. The van der Waals surface area contributed by atoms with Gasteiger partial charge in [-0.25, -0.2) is 0 Å². The van der Waals surface area contributed by atoms with Crippen LogP contribution in [0.5, 0.6) is 0 Å². The monoisotopic (exact) mass is 381 g/mol. The fourth-order valence-corrected chi connectivity index (χ4v) is 3.83. The Kier molecular flexibility index (Phi) is 8.62. The minimum atomic E-state index is -0.581. The van der Waals surface area contributed by atoms with Crippen molar-refractivity contribution in [2.24, 2.45) is 5.92 Å². The molecule has 0 bridgehead atoms. The van der Waals surface area contributed by atoms with Crippen molar-refractivity contribution in [3.05, 3.63) is 5.89 Å². The van der Waals surface area contributed by atoms with Crippen molar-refractivity contribution >= 4 is 23.5 Å². The van der Waals surface area contributed by atoms with E-state index in [0.29, 0.717) is 16.9 Å². The Balaban J connectivity index is 2.03. The lowest BCUT2D eigenvalue weighted by Gasteiger charge is -2.20. The maximum Gasteiger partial charge on any atom is 0.286 e. The molecule has 1 fully saturated rings. The number of ketones is 1. The first-order valence-electron chi connectivity index (χ1n) is 9.86. The van der Waals surface area contributed by atoms with Crippen molar-refractivity contribution in [3.63, 3.8) is 0 Å². The Hall–Kier alpha value is -1.37. The third kappa shape index (κ3) is 6.41. The summed E-state index contributed by atoms with van der Waals surface area (Å²) in [6.45, 7) is 6.11. The number of nitrogens with zero attached hydrogens (tertiary/aromatic N) is 2. The summed E-state index contributed by atoms with van der Waals surface area (Å²) >= 11 is 1.43. The first-order valence-corrected chi connectivity index (χ1v) is 10.7. The fourth-order valence-electron chi connectivity index (χ4n) is 3.22. The molecule has 1 N–H and O–H groups in total. The smallest absolute Gasteiger partial charge is 0.286 e. The van der Waals surface area contributed by atoms with E-state index >= 15 is 0 Å². The summed E-state index contributed by atoms with van der Waals surface area (Å²) in [7, 11) is 0. The Morgan fingerprint density at radius 2 is 1.88 bits per heavy atom. The summed E-state index contributed by atoms with van der Waals surface area (Å²) in [6, 6.07) is -0.581. The average molecular weight is 382 g/mol. The van der Waals surface area contributed by atoms with Crippen LogP contribution in [0.3, 0.4) is 0 Å². The van der Waals surface area contributed by atoms with Crippen LogP contribution in [0.25, 0.3) is 0 Å². The predicted molar refractivity (Wildman–Crippen MR) is 102 cm³/mol. The van der Waals surface area contributed by atoms with Crippen LogP contribution in [-0.4, -0.2) is 33.2 Å². The Bertz CT molecular complexity index is 580. The van der Waals surface area contributed by atoms with Crippen LogP contribution in [0.2, 0.25) is 0 Å². The van der Waals surface area contributed by atoms with Gasteiger partial charge in [-0.05, 0) is 19.3 Å². The van der Waals surface area contributed by atoms with Gasteiger partial charge < -0.3 is 9.73 Å². The molecule has 146 valence electrons. The molecular formula is C19H31N3O3S. The number of rotatable bonds is 9. The van der Waals surface area contributed by atoms with Crippen molar-refractivity contribution in [3.8, 4) is 0 Å². The van der Waals surface area contributed by atoms with E-state index in [0.717, 1.165) is 38.5 Å². The molecule has 0 saturated heterocycles. The number of thioether (sulfide) groups is 1. The number of hydrogen-bond acceptors (Lipinski definition) is 6. The minimum absolute atomic E-state index is 0.00218. The maximum absolute atomic E-state index is 12.8. The number of aromatic nitrogens is 2.